The molecule has 8 nitrogen and oxygen atoms in total. The van der Waals surface area contributed by atoms with Crippen molar-refractivity contribution in [1.29, 1.82) is 0 Å². The molecule has 0 saturated carbocycles. The molecular formula is C34H31F2N3O5. The minimum Gasteiger partial charge on any atom is -0.415 e. The Kier molecular flexibility index (Phi) is 7.87. The molecule has 226 valence electrons. The fourth-order valence-corrected chi connectivity index (χ4v) is 5.97. The molecule has 2 aliphatic rings. The van der Waals surface area contributed by atoms with E-state index in [1.54, 1.807) is 0 Å². The SMILES string of the molecule is Cc1ccc2cccc(N3CCN(CCC4(C(O)(c5ccc(F)cc5)c5ccc(F)cc5)OC(=O)C=CC(=O)O4)CC3)c2n1. The first kappa shape index (κ1) is 29.4. The summed E-state index contributed by atoms with van der Waals surface area (Å²) in [7, 11) is 0. The Morgan fingerprint density at radius 1 is 0.818 bits per heavy atom. The van der Waals surface area contributed by atoms with Crippen molar-refractivity contribution in [3.05, 3.63) is 119 Å². The van der Waals surface area contributed by atoms with E-state index in [4.69, 9.17) is 14.5 Å². The van der Waals surface area contributed by atoms with E-state index in [-0.39, 0.29) is 24.1 Å². The zero-order chi connectivity index (χ0) is 30.9. The summed E-state index contributed by atoms with van der Waals surface area (Å²) in [6.45, 7) is 4.86. The largest absolute Gasteiger partial charge is 0.415 e. The Balaban J connectivity index is 1.31. The lowest BCUT2D eigenvalue weighted by molar-refractivity contribution is -0.285. The molecule has 3 aromatic carbocycles. The van der Waals surface area contributed by atoms with Gasteiger partial charge in [-0.1, -0.05) is 42.5 Å². The number of aliphatic hydroxyl groups is 1. The smallest absolute Gasteiger partial charge is 0.334 e. The molecule has 1 saturated heterocycles. The van der Waals surface area contributed by atoms with E-state index in [9.17, 15) is 23.5 Å². The van der Waals surface area contributed by atoms with E-state index in [2.05, 4.69) is 21.9 Å². The highest BCUT2D eigenvalue weighted by Gasteiger charge is 2.60. The predicted molar refractivity (Wildman–Crippen MR) is 160 cm³/mol. The number of fused-ring (bicyclic) bond motifs is 1. The van der Waals surface area contributed by atoms with E-state index in [0.717, 1.165) is 58.7 Å². The Labute approximate surface area is 253 Å². The second-order valence-corrected chi connectivity index (χ2v) is 11.0. The number of para-hydroxylation sites is 1. The summed E-state index contributed by atoms with van der Waals surface area (Å²) in [5.74, 6) is -5.19. The van der Waals surface area contributed by atoms with Crippen LogP contribution in [0.2, 0.25) is 0 Å². The summed E-state index contributed by atoms with van der Waals surface area (Å²) in [6, 6.07) is 20.0. The second kappa shape index (κ2) is 11.8. The lowest BCUT2D eigenvalue weighted by Gasteiger charge is -2.46. The van der Waals surface area contributed by atoms with Crippen LogP contribution in [0.3, 0.4) is 0 Å². The third-order valence-electron chi connectivity index (χ3n) is 8.27. The number of carbonyl (C=O) groups is 2. The van der Waals surface area contributed by atoms with Gasteiger partial charge in [0.2, 0.25) is 0 Å². The maximum Gasteiger partial charge on any atom is 0.334 e. The van der Waals surface area contributed by atoms with Crippen molar-refractivity contribution in [2.45, 2.75) is 24.7 Å². The Hall–Kier alpha value is -4.67. The van der Waals surface area contributed by atoms with Crippen LogP contribution >= 0.6 is 0 Å². The van der Waals surface area contributed by atoms with Gasteiger partial charge in [0.15, 0.2) is 5.60 Å². The summed E-state index contributed by atoms with van der Waals surface area (Å²) in [5.41, 5.74) is 0.786. The van der Waals surface area contributed by atoms with Crippen molar-refractivity contribution < 1.29 is 33.0 Å². The van der Waals surface area contributed by atoms with Crippen molar-refractivity contribution in [1.82, 2.24) is 9.88 Å². The van der Waals surface area contributed by atoms with Gasteiger partial charge < -0.3 is 19.5 Å². The molecule has 0 aliphatic carbocycles. The highest BCUT2D eigenvalue weighted by atomic mass is 19.1. The first-order valence-corrected chi connectivity index (χ1v) is 14.4. The van der Waals surface area contributed by atoms with Gasteiger partial charge in [-0.25, -0.2) is 18.4 Å². The van der Waals surface area contributed by atoms with Crippen LogP contribution in [0.4, 0.5) is 14.5 Å². The molecule has 44 heavy (non-hydrogen) atoms. The first-order chi connectivity index (χ1) is 21.2. The van der Waals surface area contributed by atoms with Gasteiger partial charge in [0.1, 0.15) is 11.6 Å². The number of pyridine rings is 1. The number of nitrogens with zero attached hydrogens (tertiary/aromatic N) is 3. The van der Waals surface area contributed by atoms with Gasteiger partial charge >= 0.3 is 11.9 Å². The molecule has 6 rings (SSSR count). The number of cyclic esters (lactones) is 2. The number of piperazine rings is 1. The van der Waals surface area contributed by atoms with Gasteiger partial charge in [0, 0.05) is 62.4 Å². The van der Waals surface area contributed by atoms with Crippen LogP contribution in [0.25, 0.3) is 10.9 Å². The third-order valence-corrected chi connectivity index (χ3v) is 8.27. The first-order valence-electron chi connectivity index (χ1n) is 14.4. The van der Waals surface area contributed by atoms with Crippen molar-refractivity contribution in [3.63, 3.8) is 0 Å². The molecule has 0 radical (unpaired) electrons. The molecule has 0 bridgehead atoms. The fraction of sp³-hybridized carbons (Fsp3) is 0.265. The third kappa shape index (κ3) is 5.54. The minimum absolute atomic E-state index is 0.0941. The quantitative estimate of drug-likeness (QED) is 0.308. The number of hydrogen-bond donors (Lipinski definition) is 1. The molecule has 0 amide bonds. The number of anilines is 1. The average molecular weight is 600 g/mol. The van der Waals surface area contributed by atoms with Crippen LogP contribution in [0.5, 0.6) is 0 Å². The minimum atomic E-state index is -2.32. The van der Waals surface area contributed by atoms with E-state index in [0.29, 0.717) is 26.2 Å². The van der Waals surface area contributed by atoms with Crippen molar-refractivity contribution in [2.75, 3.05) is 37.6 Å². The van der Waals surface area contributed by atoms with E-state index in [1.807, 2.05) is 25.1 Å². The number of benzene rings is 3. The second-order valence-electron chi connectivity index (χ2n) is 11.0. The zero-order valence-corrected chi connectivity index (χ0v) is 24.1. The standard InChI is InChI=1S/C34H31F2N3O5/c1-23-5-6-24-3-2-4-29(32(24)37-23)39-21-19-38(20-22-39)18-17-33(43-30(40)15-16-31(41)44-33)34(42,25-7-11-27(35)12-8-25)26-9-13-28(36)14-10-26/h2-16,42H,17-22H2,1H3. The summed E-state index contributed by atoms with van der Waals surface area (Å²) in [6.07, 6.45) is 1.73. The number of halogens is 2. The number of rotatable bonds is 7. The normalized spacial score (nSPS) is 17.3. The number of hydrogen-bond acceptors (Lipinski definition) is 8. The van der Waals surface area contributed by atoms with Crippen LogP contribution in [-0.2, 0) is 24.7 Å². The fourth-order valence-electron chi connectivity index (χ4n) is 5.97. The van der Waals surface area contributed by atoms with Gasteiger partial charge in [-0.05, 0) is 54.4 Å². The Bertz CT molecular complexity index is 1650. The lowest BCUT2D eigenvalue weighted by Crippen LogP contribution is -2.59. The van der Waals surface area contributed by atoms with E-state index < -0.39 is 35.0 Å². The number of carbonyl (C=O) groups excluding carboxylic acids is 2. The summed E-state index contributed by atoms with van der Waals surface area (Å²) >= 11 is 0. The lowest BCUT2D eigenvalue weighted by atomic mass is 9.77. The topological polar surface area (TPSA) is 92.2 Å². The van der Waals surface area contributed by atoms with Crippen LogP contribution in [-0.4, -0.2) is 65.4 Å². The monoisotopic (exact) mass is 599 g/mol. The predicted octanol–water partition coefficient (Wildman–Crippen LogP) is 4.62. The Morgan fingerprint density at radius 3 is 1.95 bits per heavy atom. The molecule has 0 atom stereocenters. The van der Waals surface area contributed by atoms with Gasteiger partial charge in [-0.3, -0.25) is 9.88 Å². The molecule has 2 aliphatic heterocycles. The number of ether oxygens (including phenoxy) is 2. The van der Waals surface area contributed by atoms with Crippen molar-refractivity contribution in [3.8, 4) is 0 Å². The highest BCUT2D eigenvalue weighted by molar-refractivity contribution is 5.93. The number of aryl methyl sites for hydroxylation is 1. The molecule has 1 fully saturated rings. The molecular weight excluding hydrogens is 568 g/mol. The van der Waals surface area contributed by atoms with Crippen LogP contribution in [0.15, 0.2) is 91.0 Å². The van der Waals surface area contributed by atoms with Crippen LogP contribution < -0.4 is 4.90 Å². The number of aromatic nitrogens is 1. The molecule has 4 aromatic rings. The molecule has 0 spiro atoms. The maximum atomic E-state index is 14.0. The molecule has 0 unspecified atom stereocenters. The summed E-state index contributed by atoms with van der Waals surface area (Å²) in [4.78, 5) is 34.8. The summed E-state index contributed by atoms with van der Waals surface area (Å²) in [5, 5.41) is 13.6. The highest BCUT2D eigenvalue weighted by Crippen LogP contribution is 2.46. The van der Waals surface area contributed by atoms with Crippen LogP contribution in [0.1, 0.15) is 23.2 Å². The van der Waals surface area contributed by atoms with E-state index in [1.165, 1.54) is 24.3 Å². The molecule has 1 N–H and O–H groups in total. The molecule has 3 heterocycles. The zero-order valence-electron chi connectivity index (χ0n) is 24.1. The van der Waals surface area contributed by atoms with Gasteiger partial charge in [-0.15, -0.1) is 0 Å². The van der Waals surface area contributed by atoms with Gasteiger partial charge in [0.25, 0.3) is 5.79 Å². The molecule has 1 aromatic heterocycles. The summed E-state index contributed by atoms with van der Waals surface area (Å²) < 4.78 is 39.5. The van der Waals surface area contributed by atoms with Crippen molar-refractivity contribution >= 4 is 28.5 Å². The van der Waals surface area contributed by atoms with Gasteiger partial charge in [0.05, 0.1) is 11.2 Å². The van der Waals surface area contributed by atoms with Gasteiger partial charge in [-0.2, -0.15) is 0 Å². The maximum absolute atomic E-state index is 14.0. The van der Waals surface area contributed by atoms with E-state index >= 15 is 0 Å². The Morgan fingerprint density at radius 2 is 1.39 bits per heavy atom. The number of esters is 2. The van der Waals surface area contributed by atoms with Crippen molar-refractivity contribution in [2.24, 2.45) is 0 Å². The molecule has 10 heteroatoms. The average Bonchev–Trinajstić information content (AvgIpc) is 3.18. The van der Waals surface area contributed by atoms with Crippen LogP contribution in [0, 0.1) is 18.6 Å².